The first-order valence-corrected chi connectivity index (χ1v) is 8.10. The molecule has 5 nitrogen and oxygen atoms in total. The summed E-state index contributed by atoms with van der Waals surface area (Å²) in [5.74, 6) is -0.711. The molecule has 25 heavy (non-hydrogen) atoms. The van der Waals surface area contributed by atoms with Gasteiger partial charge < -0.3 is 15.0 Å². The quantitative estimate of drug-likeness (QED) is 0.858. The molecule has 0 saturated carbocycles. The van der Waals surface area contributed by atoms with E-state index in [-0.39, 0.29) is 17.9 Å². The third-order valence-electron chi connectivity index (χ3n) is 4.33. The minimum Gasteiger partial charge on any atom is -0.465 e. The van der Waals surface area contributed by atoms with E-state index in [4.69, 9.17) is 0 Å². The van der Waals surface area contributed by atoms with Crippen molar-refractivity contribution in [3.05, 3.63) is 65.5 Å². The summed E-state index contributed by atoms with van der Waals surface area (Å²) in [6, 6.07) is 12.5. The zero-order valence-corrected chi connectivity index (χ0v) is 13.9. The van der Waals surface area contributed by atoms with Gasteiger partial charge in [0.05, 0.1) is 18.7 Å². The lowest BCUT2D eigenvalue weighted by atomic mass is 10.0. The zero-order valence-electron chi connectivity index (χ0n) is 13.9. The first kappa shape index (κ1) is 17.0. The van der Waals surface area contributed by atoms with Crippen molar-refractivity contribution in [2.24, 2.45) is 0 Å². The van der Waals surface area contributed by atoms with Crippen LogP contribution in [-0.4, -0.2) is 30.6 Å². The number of hydrogen-bond acceptors (Lipinski definition) is 3. The summed E-state index contributed by atoms with van der Waals surface area (Å²) in [7, 11) is 1.32. The maximum absolute atomic E-state index is 13.1. The third kappa shape index (κ3) is 3.79. The van der Waals surface area contributed by atoms with Crippen LogP contribution in [0.3, 0.4) is 0 Å². The predicted molar refractivity (Wildman–Crippen MR) is 91.9 cm³/mol. The molecule has 1 N–H and O–H groups in total. The standard InChI is InChI=1S/C19H19FN2O3/c1-25-18(23)14-6-10-16(11-7-14)21-19(24)22-12-2-3-17(22)13-4-8-15(20)9-5-13/h4-11,17H,2-3,12H2,1H3,(H,21,24)/t17-/m0/s1. The van der Waals surface area contributed by atoms with Crippen molar-refractivity contribution in [2.75, 3.05) is 19.0 Å². The fourth-order valence-corrected chi connectivity index (χ4v) is 3.04. The molecule has 3 rings (SSSR count). The molecule has 0 aromatic heterocycles. The maximum Gasteiger partial charge on any atom is 0.337 e. The number of urea groups is 1. The zero-order chi connectivity index (χ0) is 17.8. The van der Waals surface area contributed by atoms with Crippen molar-refractivity contribution in [1.82, 2.24) is 4.90 Å². The van der Waals surface area contributed by atoms with E-state index in [0.717, 1.165) is 18.4 Å². The number of hydrogen-bond donors (Lipinski definition) is 1. The van der Waals surface area contributed by atoms with Gasteiger partial charge in [0.15, 0.2) is 0 Å². The summed E-state index contributed by atoms with van der Waals surface area (Å²) in [5.41, 5.74) is 1.95. The number of benzene rings is 2. The summed E-state index contributed by atoms with van der Waals surface area (Å²) in [6.45, 7) is 0.647. The number of ether oxygens (including phenoxy) is 1. The Morgan fingerprint density at radius 2 is 1.80 bits per heavy atom. The molecule has 1 fully saturated rings. The summed E-state index contributed by atoms with van der Waals surface area (Å²) >= 11 is 0. The Labute approximate surface area is 145 Å². The van der Waals surface area contributed by atoms with E-state index in [1.807, 2.05) is 0 Å². The molecule has 1 aliphatic rings. The maximum atomic E-state index is 13.1. The van der Waals surface area contributed by atoms with Gasteiger partial charge in [-0.3, -0.25) is 0 Å². The van der Waals surface area contributed by atoms with Crippen molar-refractivity contribution >= 4 is 17.7 Å². The van der Waals surface area contributed by atoms with Crippen LogP contribution in [0.25, 0.3) is 0 Å². The normalized spacial score (nSPS) is 16.6. The molecular formula is C19H19FN2O3. The number of likely N-dealkylation sites (tertiary alicyclic amines) is 1. The van der Waals surface area contributed by atoms with Crippen LogP contribution in [0.2, 0.25) is 0 Å². The first-order valence-electron chi connectivity index (χ1n) is 8.10. The number of rotatable bonds is 3. The van der Waals surface area contributed by atoms with Gasteiger partial charge in [-0.25, -0.2) is 14.0 Å². The molecule has 6 heteroatoms. The smallest absolute Gasteiger partial charge is 0.337 e. The number of amides is 2. The minimum atomic E-state index is -0.422. The molecule has 2 amide bonds. The lowest BCUT2D eigenvalue weighted by Gasteiger charge is -2.25. The Morgan fingerprint density at radius 3 is 2.44 bits per heavy atom. The van der Waals surface area contributed by atoms with Gasteiger partial charge in [0.2, 0.25) is 0 Å². The van der Waals surface area contributed by atoms with Crippen LogP contribution in [0.1, 0.15) is 34.8 Å². The molecule has 1 saturated heterocycles. The lowest BCUT2D eigenvalue weighted by Crippen LogP contribution is -2.34. The Balaban J connectivity index is 1.69. The van der Waals surface area contributed by atoms with E-state index >= 15 is 0 Å². The summed E-state index contributed by atoms with van der Waals surface area (Å²) in [4.78, 5) is 25.8. The summed E-state index contributed by atoms with van der Waals surface area (Å²) in [5, 5.41) is 2.84. The van der Waals surface area contributed by atoms with Crippen LogP contribution in [0.4, 0.5) is 14.9 Å². The third-order valence-corrected chi connectivity index (χ3v) is 4.33. The second-order valence-corrected chi connectivity index (χ2v) is 5.90. The Hall–Kier alpha value is -2.89. The summed E-state index contributed by atoms with van der Waals surface area (Å²) in [6.07, 6.45) is 1.75. The number of nitrogens with zero attached hydrogens (tertiary/aromatic N) is 1. The second-order valence-electron chi connectivity index (χ2n) is 5.90. The molecule has 130 valence electrons. The molecule has 1 heterocycles. The van der Waals surface area contributed by atoms with Gasteiger partial charge in [0.25, 0.3) is 0 Å². The molecular weight excluding hydrogens is 323 g/mol. The van der Waals surface area contributed by atoms with Gasteiger partial charge >= 0.3 is 12.0 Å². The molecule has 0 unspecified atom stereocenters. The van der Waals surface area contributed by atoms with E-state index in [0.29, 0.717) is 17.8 Å². The largest absolute Gasteiger partial charge is 0.465 e. The highest BCUT2D eigenvalue weighted by Crippen LogP contribution is 2.32. The van der Waals surface area contributed by atoms with Crippen LogP contribution >= 0.6 is 0 Å². The number of halogens is 1. The van der Waals surface area contributed by atoms with Crippen molar-refractivity contribution in [1.29, 1.82) is 0 Å². The molecule has 0 radical (unpaired) electrons. The molecule has 1 aliphatic heterocycles. The number of carbonyl (C=O) groups excluding carboxylic acids is 2. The highest BCUT2D eigenvalue weighted by molar-refractivity contribution is 5.92. The number of nitrogens with one attached hydrogen (secondary N) is 1. The van der Waals surface area contributed by atoms with Crippen LogP contribution in [0, 0.1) is 5.82 Å². The van der Waals surface area contributed by atoms with Gasteiger partial charge in [-0.05, 0) is 54.8 Å². The van der Waals surface area contributed by atoms with Crippen LogP contribution in [0.15, 0.2) is 48.5 Å². The molecule has 1 atom stereocenters. The highest BCUT2D eigenvalue weighted by atomic mass is 19.1. The second kappa shape index (κ2) is 7.34. The van der Waals surface area contributed by atoms with Crippen molar-refractivity contribution < 1.29 is 18.7 Å². The molecule has 0 spiro atoms. The van der Waals surface area contributed by atoms with E-state index in [1.165, 1.54) is 19.2 Å². The Bertz CT molecular complexity index is 759. The minimum absolute atomic E-state index is 0.0602. The predicted octanol–water partition coefficient (Wildman–Crippen LogP) is 3.98. The van der Waals surface area contributed by atoms with E-state index < -0.39 is 5.97 Å². The first-order chi connectivity index (χ1) is 12.1. The van der Waals surface area contributed by atoms with Crippen molar-refractivity contribution in [2.45, 2.75) is 18.9 Å². The van der Waals surface area contributed by atoms with E-state index in [1.54, 1.807) is 41.3 Å². The van der Waals surface area contributed by atoms with E-state index in [2.05, 4.69) is 10.1 Å². The number of carbonyl (C=O) groups is 2. The van der Waals surface area contributed by atoms with Crippen molar-refractivity contribution in [3.8, 4) is 0 Å². The van der Waals surface area contributed by atoms with Gasteiger partial charge in [0.1, 0.15) is 5.82 Å². The van der Waals surface area contributed by atoms with Crippen LogP contribution in [0.5, 0.6) is 0 Å². The topological polar surface area (TPSA) is 58.6 Å². The number of esters is 1. The highest BCUT2D eigenvalue weighted by Gasteiger charge is 2.30. The SMILES string of the molecule is COC(=O)c1ccc(NC(=O)N2CCC[C@H]2c2ccc(F)cc2)cc1. The van der Waals surface area contributed by atoms with Crippen molar-refractivity contribution in [3.63, 3.8) is 0 Å². The van der Waals surface area contributed by atoms with E-state index in [9.17, 15) is 14.0 Å². The number of anilines is 1. The Kier molecular flexibility index (Phi) is 4.97. The van der Waals surface area contributed by atoms with Gasteiger partial charge in [-0.15, -0.1) is 0 Å². The molecule has 0 bridgehead atoms. The number of methoxy groups -OCH3 is 1. The fourth-order valence-electron chi connectivity index (χ4n) is 3.04. The molecule has 2 aromatic carbocycles. The van der Waals surface area contributed by atoms with Gasteiger partial charge in [-0.1, -0.05) is 12.1 Å². The van der Waals surface area contributed by atoms with Crippen LogP contribution < -0.4 is 5.32 Å². The lowest BCUT2D eigenvalue weighted by molar-refractivity contribution is 0.0600. The van der Waals surface area contributed by atoms with Gasteiger partial charge in [0, 0.05) is 12.2 Å². The fraction of sp³-hybridized carbons (Fsp3) is 0.263. The molecule has 0 aliphatic carbocycles. The monoisotopic (exact) mass is 342 g/mol. The van der Waals surface area contributed by atoms with Gasteiger partial charge in [-0.2, -0.15) is 0 Å². The Morgan fingerprint density at radius 1 is 1.12 bits per heavy atom. The average Bonchev–Trinajstić information content (AvgIpc) is 3.12. The van der Waals surface area contributed by atoms with Crippen LogP contribution in [-0.2, 0) is 4.74 Å². The average molecular weight is 342 g/mol. The molecule has 2 aromatic rings. The summed E-state index contributed by atoms with van der Waals surface area (Å²) < 4.78 is 17.8.